The number of amides is 1. The van der Waals surface area contributed by atoms with Crippen molar-refractivity contribution in [3.05, 3.63) is 33.9 Å². The molecule has 1 amide bonds. The van der Waals surface area contributed by atoms with Crippen LogP contribution in [0.2, 0.25) is 0 Å². The molecule has 1 fully saturated rings. The molecule has 1 saturated heterocycles. The maximum Gasteiger partial charge on any atom is 0.274 e. The Morgan fingerprint density at radius 3 is 2.59 bits per heavy atom. The zero-order chi connectivity index (χ0) is 18.3. The molecule has 2 aromatic heterocycles. The van der Waals surface area contributed by atoms with Gasteiger partial charge in [0.05, 0.1) is 5.69 Å². The predicted octanol–water partition coefficient (Wildman–Crippen LogP) is 0.786. The van der Waals surface area contributed by atoms with Crippen LogP contribution < -0.4 is 5.32 Å². The number of H-pyrrole nitrogens is 1. The molecular formula is C18H28ClN7O. The van der Waals surface area contributed by atoms with Gasteiger partial charge in [-0.15, -0.1) is 12.4 Å². The Morgan fingerprint density at radius 2 is 1.93 bits per heavy atom. The van der Waals surface area contributed by atoms with Gasteiger partial charge in [-0.1, -0.05) is 0 Å². The molecule has 148 valence electrons. The van der Waals surface area contributed by atoms with Crippen LogP contribution in [-0.4, -0.2) is 68.4 Å². The summed E-state index contributed by atoms with van der Waals surface area (Å²) in [4.78, 5) is 17.2. The highest BCUT2D eigenvalue weighted by Gasteiger charge is 2.28. The Morgan fingerprint density at radius 1 is 1.19 bits per heavy atom. The van der Waals surface area contributed by atoms with Crippen LogP contribution in [0.4, 0.5) is 0 Å². The number of halogens is 1. The summed E-state index contributed by atoms with van der Waals surface area (Å²) in [6, 6.07) is 0. The van der Waals surface area contributed by atoms with E-state index in [0.29, 0.717) is 5.69 Å². The molecule has 2 aromatic rings. The molecule has 2 aliphatic rings. The molecular weight excluding hydrogens is 366 g/mol. The topological polar surface area (TPSA) is 82.1 Å². The summed E-state index contributed by atoms with van der Waals surface area (Å²) in [5.41, 5.74) is 6.37. The number of nitrogens with zero attached hydrogens (tertiary/aromatic N) is 5. The molecule has 0 bridgehead atoms. The molecule has 2 aliphatic heterocycles. The summed E-state index contributed by atoms with van der Waals surface area (Å²) < 4.78 is 1.94. The van der Waals surface area contributed by atoms with E-state index < -0.39 is 0 Å². The fourth-order valence-electron chi connectivity index (χ4n) is 3.93. The summed E-state index contributed by atoms with van der Waals surface area (Å²) in [7, 11) is 1.99. The van der Waals surface area contributed by atoms with Crippen molar-refractivity contribution in [2.45, 2.75) is 33.4 Å². The van der Waals surface area contributed by atoms with Crippen molar-refractivity contribution in [1.82, 2.24) is 35.1 Å². The number of carbonyl (C=O) groups is 1. The van der Waals surface area contributed by atoms with Crippen molar-refractivity contribution in [2.24, 2.45) is 7.05 Å². The normalized spacial score (nSPS) is 17.5. The molecule has 0 atom stereocenters. The number of carbonyl (C=O) groups excluding carboxylic acids is 1. The predicted molar refractivity (Wildman–Crippen MR) is 105 cm³/mol. The second-order valence-corrected chi connectivity index (χ2v) is 7.30. The first-order valence-corrected chi connectivity index (χ1v) is 9.32. The molecule has 4 heterocycles. The summed E-state index contributed by atoms with van der Waals surface area (Å²) in [5, 5.41) is 15.2. The molecule has 0 saturated carbocycles. The lowest BCUT2D eigenvalue weighted by molar-refractivity contribution is 0.0621. The van der Waals surface area contributed by atoms with Gasteiger partial charge in [-0.25, -0.2) is 0 Å². The zero-order valence-corrected chi connectivity index (χ0v) is 17.0. The van der Waals surface area contributed by atoms with Crippen LogP contribution in [0.25, 0.3) is 0 Å². The van der Waals surface area contributed by atoms with Gasteiger partial charge >= 0.3 is 0 Å². The van der Waals surface area contributed by atoms with Gasteiger partial charge < -0.3 is 10.2 Å². The summed E-state index contributed by atoms with van der Waals surface area (Å²) in [6.45, 7) is 9.99. The van der Waals surface area contributed by atoms with Crippen molar-refractivity contribution in [2.75, 3.05) is 32.7 Å². The minimum Gasteiger partial charge on any atom is -0.335 e. The maximum absolute atomic E-state index is 12.9. The van der Waals surface area contributed by atoms with Crippen LogP contribution in [0.5, 0.6) is 0 Å². The molecule has 0 unspecified atom stereocenters. The van der Waals surface area contributed by atoms with Gasteiger partial charge in [-0.2, -0.15) is 10.2 Å². The highest BCUT2D eigenvalue weighted by molar-refractivity contribution is 5.94. The molecule has 8 nitrogen and oxygen atoms in total. The number of aryl methyl sites for hydroxylation is 2. The highest BCUT2D eigenvalue weighted by atomic mass is 35.5. The van der Waals surface area contributed by atoms with E-state index in [2.05, 4.69) is 39.4 Å². The standard InChI is InChI=1S/C18H27N7O.ClH/c1-12-15(13(2)23(3)22-12)11-24-6-8-25(9-7-24)18(26)17-14-10-19-5-4-16(14)20-21-17;/h19H,4-11H2,1-3H3,(H,20,21);1H. The van der Waals surface area contributed by atoms with Crippen LogP contribution in [0.15, 0.2) is 0 Å². The third-order valence-electron chi connectivity index (χ3n) is 5.71. The quantitative estimate of drug-likeness (QED) is 0.805. The highest BCUT2D eigenvalue weighted by Crippen LogP contribution is 2.19. The van der Waals surface area contributed by atoms with Gasteiger partial charge in [0.2, 0.25) is 0 Å². The van der Waals surface area contributed by atoms with Crippen molar-refractivity contribution in [3.8, 4) is 0 Å². The fraction of sp³-hybridized carbons (Fsp3) is 0.611. The molecule has 27 heavy (non-hydrogen) atoms. The van der Waals surface area contributed by atoms with Gasteiger partial charge in [0.1, 0.15) is 0 Å². The SMILES string of the molecule is Cc1nn(C)c(C)c1CN1CCN(C(=O)c2n[nH]c3c2CNCC3)CC1.Cl. The first kappa shape index (κ1) is 19.9. The van der Waals surface area contributed by atoms with Crippen LogP contribution in [0, 0.1) is 13.8 Å². The van der Waals surface area contributed by atoms with E-state index in [1.807, 2.05) is 16.6 Å². The smallest absolute Gasteiger partial charge is 0.274 e. The Bertz CT molecular complexity index is 820. The van der Waals surface area contributed by atoms with E-state index in [9.17, 15) is 4.79 Å². The lowest BCUT2D eigenvalue weighted by atomic mass is 10.1. The Kier molecular flexibility index (Phi) is 5.88. The maximum atomic E-state index is 12.9. The number of hydrogen-bond acceptors (Lipinski definition) is 5. The van der Waals surface area contributed by atoms with Gasteiger partial charge in [-0.05, 0) is 13.8 Å². The molecule has 0 spiro atoms. The van der Waals surface area contributed by atoms with Crippen LogP contribution in [-0.2, 0) is 26.6 Å². The fourth-order valence-corrected chi connectivity index (χ4v) is 3.93. The van der Waals surface area contributed by atoms with E-state index in [4.69, 9.17) is 0 Å². The van der Waals surface area contributed by atoms with Crippen molar-refractivity contribution < 1.29 is 4.79 Å². The minimum absolute atomic E-state index is 0. The Hall–Kier alpha value is -1.90. The van der Waals surface area contributed by atoms with Gasteiger partial charge in [0.15, 0.2) is 5.69 Å². The third kappa shape index (κ3) is 3.74. The van der Waals surface area contributed by atoms with Crippen molar-refractivity contribution in [1.29, 1.82) is 0 Å². The summed E-state index contributed by atoms with van der Waals surface area (Å²) in [6.07, 6.45) is 0.910. The van der Waals surface area contributed by atoms with Crippen molar-refractivity contribution in [3.63, 3.8) is 0 Å². The van der Waals surface area contributed by atoms with E-state index in [1.54, 1.807) is 0 Å². The van der Waals surface area contributed by atoms with Crippen LogP contribution in [0.1, 0.15) is 38.7 Å². The monoisotopic (exact) mass is 393 g/mol. The van der Waals surface area contributed by atoms with Gasteiger partial charge in [-0.3, -0.25) is 19.5 Å². The molecule has 0 radical (unpaired) electrons. The average Bonchev–Trinajstić information content (AvgIpc) is 3.18. The third-order valence-corrected chi connectivity index (χ3v) is 5.71. The molecule has 4 rings (SSSR count). The lowest BCUT2D eigenvalue weighted by Crippen LogP contribution is -2.48. The molecule has 2 N–H and O–H groups in total. The Labute approximate surface area is 165 Å². The summed E-state index contributed by atoms with van der Waals surface area (Å²) >= 11 is 0. The summed E-state index contributed by atoms with van der Waals surface area (Å²) in [5.74, 6) is 0.0552. The molecule has 0 aliphatic carbocycles. The average molecular weight is 394 g/mol. The zero-order valence-electron chi connectivity index (χ0n) is 16.2. The molecule has 9 heteroatoms. The van der Waals surface area contributed by atoms with Gasteiger partial charge in [0.25, 0.3) is 5.91 Å². The number of aromatic amines is 1. The van der Waals surface area contributed by atoms with Crippen LogP contribution in [0.3, 0.4) is 0 Å². The first-order valence-electron chi connectivity index (χ1n) is 9.32. The molecule has 0 aromatic carbocycles. The number of aromatic nitrogens is 4. The number of nitrogens with one attached hydrogen (secondary N) is 2. The second-order valence-electron chi connectivity index (χ2n) is 7.30. The number of fused-ring (bicyclic) bond motifs is 1. The van der Waals surface area contributed by atoms with Crippen LogP contribution >= 0.6 is 12.4 Å². The second kappa shape index (κ2) is 8.00. The van der Waals surface area contributed by atoms with Gasteiger partial charge in [0, 0.05) is 81.8 Å². The Balaban J connectivity index is 0.00000210. The van der Waals surface area contributed by atoms with E-state index in [0.717, 1.165) is 69.2 Å². The number of piperazine rings is 1. The number of rotatable bonds is 3. The van der Waals surface area contributed by atoms with E-state index >= 15 is 0 Å². The number of hydrogen-bond donors (Lipinski definition) is 2. The van der Waals surface area contributed by atoms with E-state index in [-0.39, 0.29) is 18.3 Å². The minimum atomic E-state index is 0. The van der Waals surface area contributed by atoms with E-state index in [1.165, 1.54) is 11.3 Å². The first-order chi connectivity index (χ1) is 12.5. The largest absolute Gasteiger partial charge is 0.335 e. The lowest BCUT2D eigenvalue weighted by Gasteiger charge is -2.34. The van der Waals surface area contributed by atoms with Crippen molar-refractivity contribution >= 4 is 18.3 Å².